The number of carbonyl (C=O) groups is 2. The van der Waals surface area contributed by atoms with Crippen LogP contribution in [0.1, 0.15) is 25.7 Å². The smallest absolute Gasteiger partial charge is 0.238 e. The van der Waals surface area contributed by atoms with Gasteiger partial charge in [-0.1, -0.05) is 18.2 Å². The highest BCUT2D eigenvalue weighted by atomic mass is 16.2. The molecule has 3 aromatic rings. The number of aromatic nitrogens is 2. The Morgan fingerprint density at radius 3 is 2.46 bits per heavy atom. The summed E-state index contributed by atoms with van der Waals surface area (Å²) >= 11 is 0. The summed E-state index contributed by atoms with van der Waals surface area (Å²) in [6, 6.07) is 15.6. The highest BCUT2D eigenvalue weighted by molar-refractivity contribution is 6.14. The quantitative estimate of drug-likeness (QED) is 0.717. The number of nitrogens with one attached hydrogen (secondary N) is 1. The average molecular weight is 345 g/mol. The molecule has 1 heterocycles. The van der Waals surface area contributed by atoms with E-state index in [9.17, 15) is 9.59 Å². The van der Waals surface area contributed by atoms with Crippen LogP contribution >= 0.6 is 0 Å². The third-order valence-corrected chi connectivity index (χ3v) is 5.45. The number of rotatable bonds is 5. The minimum absolute atomic E-state index is 0.124. The molecule has 2 aromatic carbocycles. The Hall–Kier alpha value is -2.95. The molecule has 0 aliphatic heterocycles. The van der Waals surface area contributed by atoms with Crippen molar-refractivity contribution in [3.8, 4) is 5.69 Å². The molecule has 0 unspecified atom stereocenters. The molecule has 0 radical (unpaired) electrons. The Balaban J connectivity index is 1.35. The van der Waals surface area contributed by atoms with Crippen LogP contribution in [0.4, 0.5) is 5.69 Å². The summed E-state index contributed by atoms with van der Waals surface area (Å²) < 4.78 is 1.87. The van der Waals surface area contributed by atoms with E-state index in [1.54, 1.807) is 0 Å². The summed E-state index contributed by atoms with van der Waals surface area (Å²) in [5.41, 5.74) is 1.93. The Bertz CT molecular complexity index is 1010. The summed E-state index contributed by atoms with van der Waals surface area (Å²) in [4.78, 5) is 25.0. The van der Waals surface area contributed by atoms with Gasteiger partial charge in [-0.25, -0.2) is 4.68 Å². The maximum atomic E-state index is 12.6. The number of anilines is 1. The molecule has 5 rings (SSSR count). The predicted octanol–water partition coefficient (Wildman–Crippen LogP) is 3.72. The van der Waals surface area contributed by atoms with Crippen molar-refractivity contribution in [1.29, 1.82) is 0 Å². The van der Waals surface area contributed by atoms with Crippen molar-refractivity contribution in [1.82, 2.24) is 9.78 Å². The van der Waals surface area contributed by atoms with E-state index < -0.39 is 5.41 Å². The fourth-order valence-corrected chi connectivity index (χ4v) is 3.56. The van der Waals surface area contributed by atoms with Gasteiger partial charge >= 0.3 is 0 Å². The van der Waals surface area contributed by atoms with Crippen molar-refractivity contribution in [2.45, 2.75) is 25.7 Å². The van der Waals surface area contributed by atoms with Gasteiger partial charge < -0.3 is 5.32 Å². The van der Waals surface area contributed by atoms with Gasteiger partial charge in [-0.2, -0.15) is 5.10 Å². The average Bonchev–Trinajstić information content (AvgIpc) is 3.58. The molecule has 1 aromatic heterocycles. The molecule has 2 saturated carbocycles. The normalized spacial score (nSPS) is 17.8. The van der Waals surface area contributed by atoms with Crippen molar-refractivity contribution >= 4 is 28.3 Å². The van der Waals surface area contributed by atoms with Crippen LogP contribution in [0.2, 0.25) is 0 Å². The fraction of sp³-hybridized carbons (Fsp3) is 0.286. The third-order valence-electron chi connectivity index (χ3n) is 5.45. The van der Waals surface area contributed by atoms with Crippen LogP contribution < -0.4 is 5.32 Å². The Kier molecular flexibility index (Phi) is 3.26. The van der Waals surface area contributed by atoms with Crippen LogP contribution in [-0.2, 0) is 9.59 Å². The van der Waals surface area contributed by atoms with Gasteiger partial charge in [0.25, 0.3) is 0 Å². The van der Waals surface area contributed by atoms with Crippen molar-refractivity contribution in [3.63, 3.8) is 0 Å². The van der Waals surface area contributed by atoms with Gasteiger partial charge in [0.05, 0.1) is 17.4 Å². The molecule has 26 heavy (non-hydrogen) atoms. The van der Waals surface area contributed by atoms with Gasteiger partial charge in [0.1, 0.15) is 5.41 Å². The number of hydrogen-bond donors (Lipinski definition) is 1. The van der Waals surface area contributed by atoms with Gasteiger partial charge in [-0.05, 0) is 56.0 Å². The van der Waals surface area contributed by atoms with Gasteiger partial charge in [0.2, 0.25) is 5.91 Å². The molecule has 5 nitrogen and oxygen atoms in total. The van der Waals surface area contributed by atoms with E-state index in [2.05, 4.69) is 10.4 Å². The highest BCUT2D eigenvalue weighted by Crippen LogP contribution is 2.52. The van der Waals surface area contributed by atoms with Crippen LogP contribution in [0, 0.1) is 11.3 Å². The second-order valence-corrected chi connectivity index (χ2v) is 7.34. The molecule has 1 N–H and O–H groups in total. The van der Waals surface area contributed by atoms with Crippen LogP contribution in [0.15, 0.2) is 54.7 Å². The standard InChI is InChI=1S/C21H19N3O2/c25-19(14-5-6-14)21(11-12-21)20(26)23-16-7-9-17(10-8-16)24-18-4-2-1-3-15(18)13-22-24/h1-4,7-10,13-14H,5-6,11-12H2,(H,23,26). The van der Waals surface area contributed by atoms with Crippen LogP contribution in [0.25, 0.3) is 16.6 Å². The molecule has 2 aliphatic carbocycles. The monoisotopic (exact) mass is 345 g/mol. The van der Waals surface area contributed by atoms with Crippen LogP contribution in [-0.4, -0.2) is 21.5 Å². The lowest BCUT2D eigenvalue weighted by atomic mass is 9.96. The molecule has 5 heteroatoms. The van der Waals surface area contributed by atoms with E-state index in [4.69, 9.17) is 0 Å². The SMILES string of the molecule is O=C(Nc1ccc(-n2ncc3ccccc32)cc1)C1(C(=O)C2CC2)CC1. The lowest BCUT2D eigenvalue weighted by Gasteiger charge is -2.14. The zero-order chi connectivity index (χ0) is 17.7. The molecule has 2 fully saturated rings. The lowest BCUT2D eigenvalue weighted by molar-refractivity contribution is -0.133. The summed E-state index contributed by atoms with van der Waals surface area (Å²) in [5.74, 6) is 0.125. The molecular weight excluding hydrogens is 326 g/mol. The Morgan fingerprint density at radius 2 is 1.77 bits per heavy atom. The first-order valence-corrected chi connectivity index (χ1v) is 9.06. The number of carbonyl (C=O) groups excluding carboxylic acids is 2. The van der Waals surface area contributed by atoms with Gasteiger partial charge in [0, 0.05) is 17.0 Å². The number of Topliss-reactive ketones (excluding diaryl/α,β-unsaturated/α-hetero) is 1. The number of para-hydroxylation sites is 1. The van der Waals surface area contributed by atoms with Crippen molar-refractivity contribution in [2.24, 2.45) is 11.3 Å². The van der Waals surface area contributed by atoms with Crippen molar-refractivity contribution in [3.05, 3.63) is 54.7 Å². The van der Waals surface area contributed by atoms with Crippen LogP contribution in [0.3, 0.4) is 0 Å². The molecule has 130 valence electrons. The second kappa shape index (κ2) is 5.53. The molecule has 1 amide bonds. The van der Waals surface area contributed by atoms with Crippen molar-refractivity contribution < 1.29 is 9.59 Å². The molecule has 0 saturated heterocycles. The zero-order valence-corrected chi connectivity index (χ0v) is 14.3. The summed E-state index contributed by atoms with van der Waals surface area (Å²) in [5, 5.41) is 8.45. The second-order valence-electron chi connectivity index (χ2n) is 7.34. The van der Waals surface area contributed by atoms with E-state index in [-0.39, 0.29) is 17.6 Å². The van der Waals surface area contributed by atoms with E-state index in [0.29, 0.717) is 18.5 Å². The minimum Gasteiger partial charge on any atom is -0.325 e. The molecule has 0 spiro atoms. The first-order chi connectivity index (χ1) is 12.7. The summed E-state index contributed by atoms with van der Waals surface area (Å²) in [6.45, 7) is 0. The van der Waals surface area contributed by atoms with E-state index in [1.165, 1.54) is 0 Å². The fourth-order valence-electron chi connectivity index (χ4n) is 3.56. The number of benzene rings is 2. The first kappa shape index (κ1) is 15.3. The number of amides is 1. The van der Waals surface area contributed by atoms with E-state index in [1.807, 2.05) is 59.4 Å². The predicted molar refractivity (Wildman–Crippen MR) is 99.1 cm³/mol. The molecular formula is C21H19N3O2. The summed E-state index contributed by atoms with van der Waals surface area (Å²) in [6.07, 6.45) is 5.10. The number of hydrogen-bond acceptors (Lipinski definition) is 3. The number of nitrogens with zero attached hydrogens (tertiary/aromatic N) is 2. The third kappa shape index (κ3) is 2.43. The van der Waals surface area contributed by atoms with Gasteiger partial charge in [-0.15, -0.1) is 0 Å². The van der Waals surface area contributed by atoms with Crippen LogP contribution in [0.5, 0.6) is 0 Å². The highest BCUT2D eigenvalue weighted by Gasteiger charge is 2.59. The topological polar surface area (TPSA) is 64.0 Å². The maximum absolute atomic E-state index is 12.6. The summed E-state index contributed by atoms with van der Waals surface area (Å²) in [7, 11) is 0. The number of fused-ring (bicyclic) bond motifs is 1. The minimum atomic E-state index is -0.752. The lowest BCUT2D eigenvalue weighted by Crippen LogP contribution is -2.32. The van der Waals surface area contributed by atoms with E-state index in [0.717, 1.165) is 29.4 Å². The Labute approximate surface area is 151 Å². The first-order valence-electron chi connectivity index (χ1n) is 9.06. The largest absolute Gasteiger partial charge is 0.325 e. The zero-order valence-electron chi connectivity index (χ0n) is 14.3. The number of ketones is 1. The molecule has 0 bridgehead atoms. The molecule has 0 atom stereocenters. The van der Waals surface area contributed by atoms with Gasteiger partial charge in [-0.3, -0.25) is 9.59 Å². The van der Waals surface area contributed by atoms with Crippen molar-refractivity contribution in [2.75, 3.05) is 5.32 Å². The van der Waals surface area contributed by atoms with E-state index >= 15 is 0 Å². The Morgan fingerprint density at radius 1 is 1.04 bits per heavy atom. The molecule has 2 aliphatic rings. The van der Waals surface area contributed by atoms with Gasteiger partial charge in [0.15, 0.2) is 5.78 Å². The maximum Gasteiger partial charge on any atom is 0.238 e.